The quantitative estimate of drug-likeness (QED) is 0.596. The molecule has 0 radical (unpaired) electrons. The Hall–Kier alpha value is -2.25. The van der Waals surface area contributed by atoms with Crippen molar-refractivity contribution in [1.29, 1.82) is 0 Å². The first-order chi connectivity index (χ1) is 12.2. The molecule has 1 aromatic heterocycles. The molecule has 1 unspecified atom stereocenters. The van der Waals surface area contributed by atoms with E-state index < -0.39 is 36.3 Å². The number of nitrogens with zero attached hydrogens (tertiary/aromatic N) is 3. The van der Waals surface area contributed by atoms with Crippen LogP contribution in [0.1, 0.15) is 39.9 Å². The van der Waals surface area contributed by atoms with Gasteiger partial charge in [-0.25, -0.2) is 0 Å². The highest BCUT2D eigenvalue weighted by Crippen LogP contribution is 2.51. The molecule has 3 atom stereocenters. The predicted octanol–water partition coefficient (Wildman–Crippen LogP) is 3.99. The molecule has 1 aromatic rings. The molecule has 1 heterocycles. The number of anilines is 2. The summed E-state index contributed by atoms with van der Waals surface area (Å²) in [5.41, 5.74) is 0.0256. The van der Waals surface area contributed by atoms with Gasteiger partial charge in [-0.2, -0.15) is 41.3 Å². The van der Waals surface area contributed by atoms with Crippen LogP contribution in [0.4, 0.5) is 38.2 Å². The second kappa shape index (κ2) is 7.05. The van der Waals surface area contributed by atoms with Crippen molar-refractivity contribution >= 4 is 11.9 Å². The van der Waals surface area contributed by atoms with E-state index in [1.807, 2.05) is 24.5 Å². The molecule has 0 aromatic carbocycles. The molecule has 1 aliphatic carbocycles. The predicted molar refractivity (Wildman–Crippen MR) is 86.9 cm³/mol. The summed E-state index contributed by atoms with van der Waals surface area (Å²) in [4.78, 5) is 11.2. The van der Waals surface area contributed by atoms with Gasteiger partial charge in [0.25, 0.3) is 0 Å². The zero-order chi connectivity index (χ0) is 20.6. The molecular weight excluding hydrogens is 376 g/mol. The van der Waals surface area contributed by atoms with Crippen LogP contribution in [-0.2, 0) is 0 Å². The second-order valence-corrected chi connectivity index (χ2v) is 7.14. The molecule has 1 fully saturated rings. The van der Waals surface area contributed by atoms with Gasteiger partial charge in [0.05, 0.1) is 0 Å². The third kappa shape index (κ3) is 5.87. The van der Waals surface area contributed by atoms with Crippen LogP contribution in [0.15, 0.2) is 0 Å². The molecule has 0 spiro atoms. The van der Waals surface area contributed by atoms with Crippen LogP contribution < -0.4 is 10.6 Å². The van der Waals surface area contributed by atoms with Crippen molar-refractivity contribution in [2.45, 2.75) is 58.6 Å². The van der Waals surface area contributed by atoms with Crippen molar-refractivity contribution < 1.29 is 26.3 Å². The molecule has 150 valence electrons. The minimum absolute atomic E-state index is 0.0256. The molecule has 27 heavy (non-hydrogen) atoms. The Morgan fingerprint density at radius 1 is 0.926 bits per heavy atom. The standard InChI is InChI=1S/C16H19F6N5/c1-8(15(17,18)19)23-12-25-11(6-5-10-7-14(10,3)4)26-13(27-12)24-9(2)16(20,21)22/h8-10H,7H2,1-4H3,(H2,23,24,25,26,27)/t8-,9-,10?/m1/s1. The highest BCUT2D eigenvalue weighted by atomic mass is 19.4. The van der Waals surface area contributed by atoms with Crippen molar-refractivity contribution in [2.75, 3.05) is 10.6 Å². The zero-order valence-corrected chi connectivity index (χ0v) is 15.0. The van der Waals surface area contributed by atoms with E-state index in [2.05, 4.69) is 26.8 Å². The number of aromatic nitrogens is 3. The number of rotatable bonds is 4. The molecule has 11 heteroatoms. The molecule has 0 saturated heterocycles. The Morgan fingerprint density at radius 2 is 1.33 bits per heavy atom. The maximum absolute atomic E-state index is 12.7. The van der Waals surface area contributed by atoms with Crippen molar-refractivity contribution in [1.82, 2.24) is 15.0 Å². The summed E-state index contributed by atoms with van der Waals surface area (Å²) < 4.78 is 76.3. The van der Waals surface area contributed by atoms with E-state index in [1.54, 1.807) is 0 Å². The molecule has 0 aliphatic heterocycles. The molecule has 2 rings (SSSR count). The van der Waals surface area contributed by atoms with Gasteiger partial charge in [0.2, 0.25) is 17.7 Å². The van der Waals surface area contributed by atoms with E-state index in [0.717, 1.165) is 20.3 Å². The van der Waals surface area contributed by atoms with Crippen LogP contribution in [0.2, 0.25) is 0 Å². The first-order valence-corrected chi connectivity index (χ1v) is 8.12. The number of alkyl halides is 6. The Kier molecular flexibility index (Phi) is 5.50. The maximum atomic E-state index is 12.7. The molecule has 5 nitrogen and oxygen atoms in total. The molecule has 0 bridgehead atoms. The van der Waals surface area contributed by atoms with Gasteiger partial charge >= 0.3 is 12.4 Å². The van der Waals surface area contributed by atoms with Gasteiger partial charge in [0.15, 0.2) is 0 Å². The van der Waals surface area contributed by atoms with Crippen molar-refractivity contribution in [2.24, 2.45) is 11.3 Å². The minimum atomic E-state index is -4.58. The van der Waals surface area contributed by atoms with Gasteiger partial charge in [-0.15, -0.1) is 0 Å². The first-order valence-electron chi connectivity index (χ1n) is 8.12. The summed E-state index contributed by atoms with van der Waals surface area (Å²) in [6.07, 6.45) is -8.32. The molecule has 2 N–H and O–H groups in total. The topological polar surface area (TPSA) is 62.7 Å². The average Bonchev–Trinajstić information content (AvgIpc) is 3.10. The van der Waals surface area contributed by atoms with Gasteiger partial charge < -0.3 is 10.6 Å². The van der Waals surface area contributed by atoms with E-state index in [0.29, 0.717) is 0 Å². The fraction of sp³-hybridized carbons (Fsp3) is 0.688. The molecule has 1 saturated carbocycles. The van der Waals surface area contributed by atoms with Crippen molar-refractivity contribution in [3.8, 4) is 11.8 Å². The number of nitrogens with one attached hydrogen (secondary N) is 2. The number of halogens is 6. The van der Waals surface area contributed by atoms with Crippen molar-refractivity contribution in [3.63, 3.8) is 0 Å². The smallest absolute Gasteiger partial charge is 0.343 e. The van der Waals surface area contributed by atoms with E-state index in [4.69, 9.17) is 0 Å². The Labute approximate surface area is 152 Å². The van der Waals surface area contributed by atoms with Crippen LogP contribution in [0.3, 0.4) is 0 Å². The lowest BCUT2D eigenvalue weighted by atomic mass is 10.1. The average molecular weight is 395 g/mol. The van der Waals surface area contributed by atoms with E-state index in [1.165, 1.54) is 0 Å². The summed E-state index contributed by atoms with van der Waals surface area (Å²) in [5, 5.41) is 4.04. The van der Waals surface area contributed by atoms with Crippen LogP contribution in [0, 0.1) is 23.2 Å². The van der Waals surface area contributed by atoms with Gasteiger partial charge in [-0.05, 0) is 31.6 Å². The highest BCUT2D eigenvalue weighted by molar-refractivity contribution is 5.40. The zero-order valence-electron chi connectivity index (χ0n) is 15.0. The monoisotopic (exact) mass is 395 g/mol. The lowest BCUT2D eigenvalue weighted by molar-refractivity contribution is -0.139. The fourth-order valence-electron chi connectivity index (χ4n) is 1.98. The SMILES string of the molecule is C[C@@H](Nc1nc(C#CC2CC2(C)C)nc(N[C@H](C)C(F)(F)F)n1)C(F)(F)F. The highest BCUT2D eigenvalue weighted by Gasteiger charge is 2.44. The lowest BCUT2D eigenvalue weighted by Gasteiger charge is -2.19. The van der Waals surface area contributed by atoms with Crippen LogP contribution in [0.25, 0.3) is 0 Å². The van der Waals surface area contributed by atoms with Crippen LogP contribution in [-0.4, -0.2) is 39.4 Å². The lowest BCUT2D eigenvalue weighted by Crippen LogP contribution is -2.35. The maximum Gasteiger partial charge on any atom is 0.408 e. The van der Waals surface area contributed by atoms with Crippen LogP contribution >= 0.6 is 0 Å². The Bertz CT molecular complexity index is 706. The fourth-order valence-corrected chi connectivity index (χ4v) is 1.98. The summed E-state index contributed by atoms with van der Waals surface area (Å²) >= 11 is 0. The van der Waals surface area contributed by atoms with E-state index in [9.17, 15) is 26.3 Å². The van der Waals surface area contributed by atoms with Gasteiger partial charge in [-0.3, -0.25) is 0 Å². The first kappa shape index (κ1) is 21.1. The van der Waals surface area contributed by atoms with Gasteiger partial charge in [-0.1, -0.05) is 19.8 Å². The van der Waals surface area contributed by atoms with E-state index >= 15 is 0 Å². The van der Waals surface area contributed by atoms with Gasteiger partial charge in [0, 0.05) is 5.92 Å². The summed E-state index contributed by atoms with van der Waals surface area (Å²) in [5.74, 6) is 4.34. The number of hydrogen-bond donors (Lipinski definition) is 2. The third-order valence-corrected chi connectivity index (χ3v) is 4.18. The molecule has 0 amide bonds. The van der Waals surface area contributed by atoms with Crippen molar-refractivity contribution in [3.05, 3.63) is 5.82 Å². The summed E-state index contributed by atoms with van der Waals surface area (Å²) in [7, 11) is 0. The molecular formula is C16H19F6N5. The van der Waals surface area contributed by atoms with Gasteiger partial charge in [0.1, 0.15) is 12.1 Å². The Morgan fingerprint density at radius 3 is 1.67 bits per heavy atom. The third-order valence-electron chi connectivity index (χ3n) is 4.18. The largest absolute Gasteiger partial charge is 0.408 e. The van der Waals surface area contributed by atoms with E-state index in [-0.39, 0.29) is 17.2 Å². The van der Waals surface area contributed by atoms with Crippen LogP contribution in [0.5, 0.6) is 0 Å². The minimum Gasteiger partial charge on any atom is -0.343 e. The second-order valence-electron chi connectivity index (χ2n) is 7.14. The Balaban J connectivity index is 2.29. The normalized spacial score (nSPS) is 20.9. The number of hydrogen-bond acceptors (Lipinski definition) is 5. The molecule has 1 aliphatic rings. The summed E-state index contributed by atoms with van der Waals surface area (Å²) in [6.45, 7) is 5.67. The summed E-state index contributed by atoms with van der Waals surface area (Å²) in [6, 6.07) is -4.01.